The van der Waals surface area contributed by atoms with Gasteiger partial charge < -0.3 is 15.5 Å². The topological polar surface area (TPSA) is 94.6 Å². The molecule has 1 aromatic heterocycles. The Morgan fingerprint density at radius 3 is 2.79 bits per heavy atom. The molecule has 3 amide bonds. The Labute approximate surface area is 172 Å². The minimum absolute atomic E-state index is 0.00427. The van der Waals surface area contributed by atoms with Gasteiger partial charge in [0, 0.05) is 57.0 Å². The summed E-state index contributed by atoms with van der Waals surface area (Å²) in [6, 6.07) is 4.02. The number of carbonyl (C=O) groups excluding carboxylic acids is 3. The van der Waals surface area contributed by atoms with Crippen LogP contribution in [0.25, 0.3) is 0 Å². The standard InChI is InChI=1S/C21H31N5O3/c1-25(14-16-3-2-9-22-13-16)15-20(28)24-18-6-4-17(5-7-18)21(29)26-11-8-19(27)23-10-12-26/h2-3,9,13,17-18H,4-8,10-12,14-15H2,1H3,(H,23,27)(H,24,28). The van der Waals surface area contributed by atoms with Crippen LogP contribution in [0.4, 0.5) is 0 Å². The maximum absolute atomic E-state index is 12.7. The van der Waals surface area contributed by atoms with E-state index >= 15 is 0 Å². The minimum atomic E-state index is 0.00427. The molecule has 0 atom stereocenters. The fourth-order valence-corrected chi connectivity index (χ4v) is 4.11. The van der Waals surface area contributed by atoms with E-state index in [1.807, 2.05) is 35.2 Å². The summed E-state index contributed by atoms with van der Waals surface area (Å²) in [7, 11) is 1.92. The number of likely N-dealkylation sites (N-methyl/N-ethyl adjacent to an activating group) is 1. The predicted molar refractivity (Wildman–Crippen MR) is 109 cm³/mol. The van der Waals surface area contributed by atoms with E-state index in [0.29, 0.717) is 39.1 Å². The molecule has 1 saturated heterocycles. The zero-order valence-corrected chi connectivity index (χ0v) is 17.1. The SMILES string of the molecule is CN(CC(=O)NC1CCC(C(=O)N2CCNC(=O)CC2)CC1)Cc1cccnc1. The van der Waals surface area contributed by atoms with Crippen molar-refractivity contribution in [3.05, 3.63) is 30.1 Å². The zero-order chi connectivity index (χ0) is 20.6. The Balaban J connectivity index is 1.38. The van der Waals surface area contributed by atoms with Gasteiger partial charge in [-0.15, -0.1) is 0 Å². The van der Waals surface area contributed by atoms with Crippen molar-refractivity contribution in [1.29, 1.82) is 0 Å². The lowest BCUT2D eigenvalue weighted by Crippen LogP contribution is -2.45. The lowest BCUT2D eigenvalue weighted by atomic mass is 9.85. The second kappa shape index (κ2) is 10.3. The van der Waals surface area contributed by atoms with E-state index in [1.54, 1.807) is 6.20 Å². The van der Waals surface area contributed by atoms with Crippen LogP contribution >= 0.6 is 0 Å². The van der Waals surface area contributed by atoms with E-state index in [0.717, 1.165) is 31.2 Å². The zero-order valence-electron chi connectivity index (χ0n) is 17.1. The summed E-state index contributed by atoms with van der Waals surface area (Å²) in [5, 5.41) is 5.92. The van der Waals surface area contributed by atoms with Crippen molar-refractivity contribution in [2.75, 3.05) is 33.2 Å². The summed E-state index contributed by atoms with van der Waals surface area (Å²) in [6.45, 7) is 2.63. The number of carbonyl (C=O) groups is 3. The lowest BCUT2D eigenvalue weighted by molar-refractivity contribution is -0.136. The Morgan fingerprint density at radius 2 is 2.07 bits per heavy atom. The highest BCUT2D eigenvalue weighted by Gasteiger charge is 2.30. The summed E-state index contributed by atoms with van der Waals surface area (Å²) in [5.74, 6) is 0.190. The van der Waals surface area contributed by atoms with Crippen LogP contribution in [0, 0.1) is 5.92 Å². The van der Waals surface area contributed by atoms with Crippen molar-refractivity contribution in [3.8, 4) is 0 Å². The van der Waals surface area contributed by atoms with E-state index in [4.69, 9.17) is 0 Å². The highest BCUT2D eigenvalue weighted by Crippen LogP contribution is 2.26. The first-order valence-electron chi connectivity index (χ1n) is 10.4. The quantitative estimate of drug-likeness (QED) is 0.725. The number of aromatic nitrogens is 1. The molecule has 1 aliphatic heterocycles. The third-order valence-electron chi connectivity index (χ3n) is 5.65. The largest absolute Gasteiger partial charge is 0.354 e. The Kier molecular flexibility index (Phi) is 7.57. The highest BCUT2D eigenvalue weighted by atomic mass is 16.2. The molecule has 158 valence electrons. The van der Waals surface area contributed by atoms with E-state index < -0.39 is 0 Å². The lowest BCUT2D eigenvalue weighted by Gasteiger charge is -2.32. The molecule has 2 fully saturated rings. The Morgan fingerprint density at radius 1 is 1.28 bits per heavy atom. The number of nitrogens with one attached hydrogen (secondary N) is 2. The number of hydrogen-bond donors (Lipinski definition) is 2. The van der Waals surface area contributed by atoms with Gasteiger partial charge in [-0.1, -0.05) is 6.07 Å². The maximum Gasteiger partial charge on any atom is 0.234 e. The Hall–Kier alpha value is -2.48. The van der Waals surface area contributed by atoms with E-state index in [9.17, 15) is 14.4 Å². The van der Waals surface area contributed by atoms with Gasteiger partial charge in [-0.25, -0.2) is 0 Å². The molecule has 2 heterocycles. The molecule has 0 bridgehead atoms. The highest BCUT2D eigenvalue weighted by molar-refractivity contribution is 5.82. The minimum Gasteiger partial charge on any atom is -0.354 e. The molecule has 29 heavy (non-hydrogen) atoms. The molecule has 1 aromatic rings. The van der Waals surface area contributed by atoms with E-state index in [1.165, 1.54) is 0 Å². The van der Waals surface area contributed by atoms with Gasteiger partial charge in [0.25, 0.3) is 0 Å². The number of amides is 3. The van der Waals surface area contributed by atoms with Crippen LogP contribution < -0.4 is 10.6 Å². The number of pyridine rings is 1. The summed E-state index contributed by atoms with van der Waals surface area (Å²) in [4.78, 5) is 44.4. The van der Waals surface area contributed by atoms with Crippen LogP contribution in [0.15, 0.2) is 24.5 Å². The number of hydrogen-bond acceptors (Lipinski definition) is 5. The molecule has 1 saturated carbocycles. The normalized spacial score (nSPS) is 22.7. The van der Waals surface area contributed by atoms with Crippen molar-refractivity contribution in [1.82, 2.24) is 25.4 Å². The van der Waals surface area contributed by atoms with Crippen LogP contribution in [-0.4, -0.2) is 71.8 Å². The van der Waals surface area contributed by atoms with Crippen LogP contribution in [-0.2, 0) is 20.9 Å². The average molecular weight is 402 g/mol. The van der Waals surface area contributed by atoms with Gasteiger partial charge in [-0.2, -0.15) is 0 Å². The first-order valence-corrected chi connectivity index (χ1v) is 10.4. The third-order valence-corrected chi connectivity index (χ3v) is 5.65. The molecule has 1 aliphatic carbocycles. The van der Waals surface area contributed by atoms with Gasteiger partial charge in [0.2, 0.25) is 17.7 Å². The van der Waals surface area contributed by atoms with Crippen LogP contribution in [0.1, 0.15) is 37.7 Å². The first-order chi connectivity index (χ1) is 14.0. The van der Waals surface area contributed by atoms with Crippen molar-refractivity contribution in [2.45, 2.75) is 44.7 Å². The Bertz CT molecular complexity index is 704. The van der Waals surface area contributed by atoms with Crippen molar-refractivity contribution < 1.29 is 14.4 Å². The van der Waals surface area contributed by atoms with Gasteiger partial charge in [-0.3, -0.25) is 24.3 Å². The van der Waals surface area contributed by atoms with Gasteiger partial charge in [0.05, 0.1) is 6.54 Å². The van der Waals surface area contributed by atoms with E-state index in [2.05, 4.69) is 15.6 Å². The van der Waals surface area contributed by atoms with Crippen LogP contribution in [0.3, 0.4) is 0 Å². The predicted octanol–water partition coefficient (Wildman–Crippen LogP) is 0.537. The van der Waals surface area contributed by atoms with Crippen molar-refractivity contribution >= 4 is 17.7 Å². The van der Waals surface area contributed by atoms with Gasteiger partial charge in [0.1, 0.15) is 0 Å². The summed E-state index contributed by atoms with van der Waals surface area (Å²) in [5.41, 5.74) is 1.08. The van der Waals surface area contributed by atoms with Crippen LogP contribution in [0.5, 0.6) is 0 Å². The molecular formula is C21H31N5O3. The molecule has 2 N–H and O–H groups in total. The summed E-state index contributed by atoms with van der Waals surface area (Å²) >= 11 is 0. The molecule has 3 rings (SSSR count). The summed E-state index contributed by atoms with van der Waals surface area (Å²) in [6.07, 6.45) is 7.13. The second-order valence-electron chi connectivity index (χ2n) is 8.07. The second-order valence-corrected chi connectivity index (χ2v) is 8.07. The van der Waals surface area contributed by atoms with Crippen molar-refractivity contribution in [3.63, 3.8) is 0 Å². The molecular weight excluding hydrogens is 370 g/mol. The average Bonchev–Trinajstić information content (AvgIpc) is 2.93. The summed E-state index contributed by atoms with van der Waals surface area (Å²) < 4.78 is 0. The van der Waals surface area contributed by atoms with Gasteiger partial charge in [-0.05, 0) is 44.4 Å². The van der Waals surface area contributed by atoms with Gasteiger partial charge in [0.15, 0.2) is 0 Å². The molecule has 2 aliphatic rings. The molecule has 0 unspecified atom stereocenters. The number of nitrogens with zero attached hydrogens (tertiary/aromatic N) is 3. The first kappa shape index (κ1) is 21.2. The monoisotopic (exact) mass is 401 g/mol. The van der Waals surface area contributed by atoms with Crippen LogP contribution in [0.2, 0.25) is 0 Å². The molecule has 8 nitrogen and oxygen atoms in total. The maximum atomic E-state index is 12.7. The van der Waals surface area contributed by atoms with Gasteiger partial charge >= 0.3 is 0 Å². The molecule has 8 heteroatoms. The smallest absolute Gasteiger partial charge is 0.234 e. The molecule has 0 spiro atoms. The fraction of sp³-hybridized carbons (Fsp3) is 0.619. The van der Waals surface area contributed by atoms with E-state index in [-0.39, 0.29) is 29.7 Å². The molecule has 0 aromatic carbocycles. The number of rotatable bonds is 6. The van der Waals surface area contributed by atoms with Crippen molar-refractivity contribution in [2.24, 2.45) is 5.92 Å². The third kappa shape index (κ3) is 6.52. The molecule has 0 radical (unpaired) electrons. The fourth-order valence-electron chi connectivity index (χ4n) is 4.11.